The summed E-state index contributed by atoms with van der Waals surface area (Å²) in [6, 6.07) is 5.61. The fourth-order valence-corrected chi connectivity index (χ4v) is 1.28. The van der Waals surface area contributed by atoms with Gasteiger partial charge in [-0.05, 0) is 31.5 Å². The molecular formula is C14H19NO2. The van der Waals surface area contributed by atoms with Gasteiger partial charge < -0.3 is 15.2 Å². The van der Waals surface area contributed by atoms with Crippen molar-refractivity contribution in [3.05, 3.63) is 23.8 Å². The average molecular weight is 233 g/mol. The van der Waals surface area contributed by atoms with E-state index in [9.17, 15) is 0 Å². The van der Waals surface area contributed by atoms with Crippen molar-refractivity contribution in [2.45, 2.75) is 26.4 Å². The van der Waals surface area contributed by atoms with Crippen molar-refractivity contribution in [3.63, 3.8) is 0 Å². The van der Waals surface area contributed by atoms with Crippen LogP contribution in [0.5, 0.6) is 11.5 Å². The summed E-state index contributed by atoms with van der Waals surface area (Å²) in [7, 11) is 1.63. The minimum atomic E-state index is 0.168. The van der Waals surface area contributed by atoms with Crippen LogP contribution in [0.4, 0.5) is 0 Å². The molecule has 2 N–H and O–H groups in total. The molecule has 0 amide bonds. The molecular weight excluding hydrogens is 214 g/mol. The van der Waals surface area contributed by atoms with Crippen molar-refractivity contribution in [2.75, 3.05) is 13.7 Å². The highest BCUT2D eigenvalue weighted by molar-refractivity contribution is 5.50. The largest absolute Gasteiger partial charge is 0.497 e. The zero-order chi connectivity index (χ0) is 12.7. The van der Waals surface area contributed by atoms with Gasteiger partial charge in [0.25, 0.3) is 0 Å². The molecule has 0 saturated carbocycles. The Hall–Kier alpha value is -1.66. The van der Waals surface area contributed by atoms with E-state index in [1.165, 1.54) is 0 Å². The van der Waals surface area contributed by atoms with Crippen LogP contribution < -0.4 is 15.2 Å². The van der Waals surface area contributed by atoms with E-state index >= 15 is 0 Å². The van der Waals surface area contributed by atoms with Crippen molar-refractivity contribution in [1.82, 2.24) is 0 Å². The number of methoxy groups -OCH3 is 1. The van der Waals surface area contributed by atoms with Gasteiger partial charge in [-0.2, -0.15) is 0 Å². The van der Waals surface area contributed by atoms with Gasteiger partial charge in [0.2, 0.25) is 0 Å². The van der Waals surface area contributed by atoms with Crippen LogP contribution in [-0.2, 0) is 0 Å². The van der Waals surface area contributed by atoms with Crippen molar-refractivity contribution in [3.8, 4) is 23.3 Å². The van der Waals surface area contributed by atoms with E-state index in [0.717, 1.165) is 23.5 Å². The standard InChI is InChI=1S/C14H19NO2/c1-4-11(2)17-14-8-7-13(16-3)10-12(14)6-5-9-15/h7-8,10-11H,4,9,15H2,1-3H3. The molecule has 1 rings (SSSR count). The lowest BCUT2D eigenvalue weighted by atomic mass is 10.2. The first-order chi connectivity index (χ1) is 8.21. The molecule has 1 aromatic rings. The SMILES string of the molecule is CCC(C)Oc1ccc(OC)cc1C#CCN. The van der Waals surface area contributed by atoms with Gasteiger partial charge in [0, 0.05) is 0 Å². The van der Waals surface area contributed by atoms with Gasteiger partial charge in [0.05, 0.1) is 25.3 Å². The second kappa shape index (κ2) is 6.82. The molecule has 0 saturated heterocycles. The van der Waals surface area contributed by atoms with Crippen LogP contribution in [0.15, 0.2) is 18.2 Å². The van der Waals surface area contributed by atoms with E-state index < -0.39 is 0 Å². The molecule has 0 aromatic heterocycles. The smallest absolute Gasteiger partial charge is 0.135 e. The van der Waals surface area contributed by atoms with E-state index in [2.05, 4.69) is 18.8 Å². The average Bonchev–Trinajstić information content (AvgIpc) is 2.37. The number of hydrogen-bond donors (Lipinski definition) is 1. The minimum Gasteiger partial charge on any atom is -0.497 e. The van der Waals surface area contributed by atoms with Crippen LogP contribution in [0.2, 0.25) is 0 Å². The summed E-state index contributed by atoms with van der Waals surface area (Å²) in [4.78, 5) is 0. The number of benzene rings is 1. The molecule has 0 heterocycles. The molecule has 1 unspecified atom stereocenters. The molecule has 0 spiro atoms. The topological polar surface area (TPSA) is 44.5 Å². The van der Waals surface area contributed by atoms with E-state index in [4.69, 9.17) is 15.2 Å². The van der Waals surface area contributed by atoms with Crippen LogP contribution in [0.1, 0.15) is 25.8 Å². The van der Waals surface area contributed by atoms with Gasteiger partial charge in [0.15, 0.2) is 0 Å². The lowest BCUT2D eigenvalue weighted by Gasteiger charge is -2.14. The zero-order valence-electron chi connectivity index (χ0n) is 10.6. The Bertz CT molecular complexity index is 418. The summed E-state index contributed by atoms with van der Waals surface area (Å²) in [5.74, 6) is 7.37. The van der Waals surface area contributed by atoms with Crippen LogP contribution >= 0.6 is 0 Å². The molecule has 17 heavy (non-hydrogen) atoms. The van der Waals surface area contributed by atoms with E-state index in [1.807, 2.05) is 25.1 Å². The van der Waals surface area contributed by atoms with Crippen LogP contribution in [-0.4, -0.2) is 19.8 Å². The highest BCUT2D eigenvalue weighted by atomic mass is 16.5. The second-order valence-corrected chi connectivity index (χ2v) is 3.70. The Morgan fingerprint density at radius 2 is 2.18 bits per heavy atom. The molecule has 3 nitrogen and oxygen atoms in total. The fraction of sp³-hybridized carbons (Fsp3) is 0.429. The van der Waals surface area contributed by atoms with Gasteiger partial charge in [-0.3, -0.25) is 0 Å². The Labute approximate surface area is 103 Å². The van der Waals surface area contributed by atoms with Crippen molar-refractivity contribution >= 4 is 0 Å². The maximum absolute atomic E-state index is 5.79. The van der Waals surface area contributed by atoms with Crippen molar-refractivity contribution in [1.29, 1.82) is 0 Å². The summed E-state index contributed by atoms with van der Waals surface area (Å²) < 4.78 is 11.0. The lowest BCUT2D eigenvalue weighted by Crippen LogP contribution is -2.10. The quantitative estimate of drug-likeness (QED) is 0.811. The summed E-state index contributed by atoms with van der Waals surface area (Å²) in [6.45, 7) is 4.45. The third-order valence-electron chi connectivity index (χ3n) is 2.41. The highest BCUT2D eigenvalue weighted by Crippen LogP contribution is 2.24. The predicted molar refractivity (Wildman–Crippen MR) is 69.3 cm³/mol. The van der Waals surface area contributed by atoms with Crippen molar-refractivity contribution in [2.24, 2.45) is 5.73 Å². The third kappa shape index (κ3) is 4.01. The molecule has 0 aliphatic heterocycles. The predicted octanol–water partition coefficient (Wildman–Crippen LogP) is 2.18. The van der Waals surface area contributed by atoms with Gasteiger partial charge in [0.1, 0.15) is 11.5 Å². The number of rotatable bonds is 4. The van der Waals surface area contributed by atoms with Gasteiger partial charge in [-0.15, -0.1) is 0 Å². The van der Waals surface area contributed by atoms with Gasteiger partial charge in [-0.25, -0.2) is 0 Å². The molecule has 3 heteroatoms. The first-order valence-electron chi connectivity index (χ1n) is 5.74. The molecule has 0 aliphatic carbocycles. The Morgan fingerprint density at radius 1 is 1.41 bits per heavy atom. The minimum absolute atomic E-state index is 0.168. The molecule has 0 bridgehead atoms. The molecule has 0 fully saturated rings. The highest BCUT2D eigenvalue weighted by Gasteiger charge is 2.07. The molecule has 0 radical (unpaired) electrons. The Balaban J connectivity index is 3.01. The summed E-state index contributed by atoms with van der Waals surface area (Å²) >= 11 is 0. The molecule has 0 aliphatic rings. The molecule has 92 valence electrons. The second-order valence-electron chi connectivity index (χ2n) is 3.70. The van der Waals surface area contributed by atoms with E-state index in [1.54, 1.807) is 7.11 Å². The number of nitrogens with two attached hydrogens (primary N) is 1. The van der Waals surface area contributed by atoms with Crippen molar-refractivity contribution < 1.29 is 9.47 Å². The Kier molecular flexibility index (Phi) is 5.38. The number of ether oxygens (including phenoxy) is 2. The summed E-state index contributed by atoms with van der Waals surface area (Å²) in [5, 5.41) is 0. The monoisotopic (exact) mass is 233 g/mol. The lowest BCUT2D eigenvalue weighted by molar-refractivity contribution is 0.216. The zero-order valence-corrected chi connectivity index (χ0v) is 10.6. The first-order valence-corrected chi connectivity index (χ1v) is 5.74. The van der Waals surface area contributed by atoms with Gasteiger partial charge in [-0.1, -0.05) is 18.8 Å². The van der Waals surface area contributed by atoms with Crippen LogP contribution in [0, 0.1) is 11.8 Å². The van der Waals surface area contributed by atoms with Gasteiger partial charge >= 0.3 is 0 Å². The maximum Gasteiger partial charge on any atom is 0.135 e. The van der Waals surface area contributed by atoms with Crippen LogP contribution in [0.25, 0.3) is 0 Å². The maximum atomic E-state index is 5.79. The van der Waals surface area contributed by atoms with E-state index in [0.29, 0.717) is 6.54 Å². The fourth-order valence-electron chi connectivity index (χ4n) is 1.28. The normalized spacial score (nSPS) is 11.3. The third-order valence-corrected chi connectivity index (χ3v) is 2.41. The Morgan fingerprint density at radius 3 is 2.76 bits per heavy atom. The first kappa shape index (κ1) is 13.4. The molecule has 1 atom stereocenters. The van der Waals surface area contributed by atoms with E-state index in [-0.39, 0.29) is 6.10 Å². The summed E-state index contributed by atoms with van der Waals surface area (Å²) in [6.07, 6.45) is 1.12. The van der Waals surface area contributed by atoms with Crippen LogP contribution in [0.3, 0.4) is 0 Å². The number of hydrogen-bond acceptors (Lipinski definition) is 3. The molecule has 1 aromatic carbocycles. The summed E-state index contributed by atoms with van der Waals surface area (Å²) in [5.41, 5.74) is 6.19.